The van der Waals surface area contributed by atoms with Crippen molar-refractivity contribution in [1.82, 2.24) is 10.4 Å². The molecule has 4 rings (SSSR count). The van der Waals surface area contributed by atoms with E-state index in [0.29, 0.717) is 12.3 Å². The fourth-order valence-electron chi connectivity index (χ4n) is 3.88. The summed E-state index contributed by atoms with van der Waals surface area (Å²) in [6.45, 7) is -0.0219. The summed E-state index contributed by atoms with van der Waals surface area (Å²) in [5.74, 6) is -3.11. The van der Waals surface area contributed by atoms with Crippen LogP contribution in [0.4, 0.5) is 33.7 Å². The molecule has 1 aliphatic carbocycles. The minimum absolute atomic E-state index is 0.0709. The van der Waals surface area contributed by atoms with Gasteiger partial charge in [0.05, 0.1) is 31.9 Å². The van der Waals surface area contributed by atoms with Crippen molar-refractivity contribution in [3.8, 4) is 0 Å². The van der Waals surface area contributed by atoms with Crippen LogP contribution < -0.4 is 15.1 Å². The summed E-state index contributed by atoms with van der Waals surface area (Å²) < 4.78 is 59.5. The Morgan fingerprint density at radius 2 is 1.82 bits per heavy atom. The maximum atomic E-state index is 15.0. The molecule has 1 unspecified atom stereocenters. The Hall–Kier alpha value is -3.09. The van der Waals surface area contributed by atoms with Gasteiger partial charge in [-0.2, -0.15) is 8.78 Å². The Kier molecular flexibility index (Phi) is 7.10. The van der Waals surface area contributed by atoms with Crippen LogP contribution in [0.2, 0.25) is 0 Å². The first-order valence-corrected chi connectivity index (χ1v) is 10.9. The van der Waals surface area contributed by atoms with Crippen LogP contribution in [0, 0.1) is 17.6 Å². The van der Waals surface area contributed by atoms with Crippen molar-refractivity contribution < 1.29 is 41.5 Å². The number of cyclic esters (lactones) is 1. The predicted molar refractivity (Wildman–Crippen MR) is 110 cm³/mol. The Morgan fingerprint density at radius 3 is 2.47 bits per heavy atom. The van der Waals surface area contributed by atoms with Gasteiger partial charge in [0.25, 0.3) is 5.91 Å². The summed E-state index contributed by atoms with van der Waals surface area (Å²) >= 11 is 0. The molecule has 1 saturated carbocycles. The number of ether oxygens (including phenoxy) is 1. The van der Waals surface area contributed by atoms with Crippen molar-refractivity contribution in [2.75, 3.05) is 49.1 Å². The number of carbonyl (C=O) groups is 3. The van der Waals surface area contributed by atoms with Crippen LogP contribution in [0.25, 0.3) is 0 Å². The number of hydroxylamine groups is 2. The summed E-state index contributed by atoms with van der Waals surface area (Å²) in [6, 6.07) is 1.95. The van der Waals surface area contributed by atoms with E-state index in [2.05, 4.69) is 0 Å². The zero-order valence-corrected chi connectivity index (χ0v) is 18.1. The summed E-state index contributed by atoms with van der Waals surface area (Å²) in [4.78, 5) is 43.2. The highest BCUT2D eigenvalue weighted by Gasteiger charge is 2.35. The zero-order valence-electron chi connectivity index (χ0n) is 18.1. The Labute approximate surface area is 192 Å². The Balaban J connectivity index is 1.40. The Bertz CT molecular complexity index is 938. The topological polar surface area (TPSA) is 91.4 Å². The maximum Gasteiger partial charge on any atom is 0.414 e. The fraction of sp³-hybridized carbons (Fsp3) is 0.571. The lowest BCUT2D eigenvalue weighted by Crippen LogP contribution is -2.37. The van der Waals surface area contributed by atoms with E-state index in [-0.39, 0.29) is 56.6 Å². The molecule has 9 nitrogen and oxygen atoms in total. The average molecular weight is 488 g/mol. The third-order valence-corrected chi connectivity index (χ3v) is 5.83. The monoisotopic (exact) mass is 488 g/mol. The smallest absolute Gasteiger partial charge is 0.414 e. The third kappa shape index (κ3) is 5.51. The van der Waals surface area contributed by atoms with Gasteiger partial charge in [0, 0.05) is 31.6 Å². The predicted octanol–water partition coefficient (Wildman–Crippen LogP) is 2.05. The first kappa shape index (κ1) is 24.0. The standard InChI is InChI=1S/C21H24F4N4O5/c22-15-8-13(28-11-14(34-21(28)32)10-26-20(31)19(24)25)9-16(23)18(15)27-3-4-29(33-6-5-27)17(30)7-12-1-2-12/h8-9,12,14,19H,1-7,10-11H2,(H,26,31). The van der Waals surface area contributed by atoms with E-state index in [9.17, 15) is 31.9 Å². The molecule has 2 aliphatic heterocycles. The van der Waals surface area contributed by atoms with E-state index >= 15 is 0 Å². The molecule has 2 saturated heterocycles. The molecule has 1 aromatic carbocycles. The molecule has 186 valence electrons. The number of rotatable bonds is 7. The largest absolute Gasteiger partial charge is 0.442 e. The first-order chi connectivity index (χ1) is 16.2. The van der Waals surface area contributed by atoms with E-state index in [1.165, 1.54) is 9.96 Å². The second kappa shape index (κ2) is 10.0. The highest BCUT2D eigenvalue weighted by molar-refractivity contribution is 5.90. The van der Waals surface area contributed by atoms with Gasteiger partial charge < -0.3 is 15.0 Å². The fourth-order valence-corrected chi connectivity index (χ4v) is 3.88. The number of halogens is 4. The SMILES string of the molecule is O=C(NCC1CN(c2cc(F)c(N3CCON(C(=O)CC4CC4)CC3)c(F)c2)C(=O)O1)C(F)F. The molecule has 1 N–H and O–H groups in total. The van der Waals surface area contributed by atoms with E-state index in [1.807, 2.05) is 5.32 Å². The second-order valence-corrected chi connectivity index (χ2v) is 8.38. The average Bonchev–Trinajstić information content (AvgIpc) is 3.55. The zero-order chi connectivity index (χ0) is 24.4. The minimum Gasteiger partial charge on any atom is -0.442 e. The first-order valence-electron chi connectivity index (χ1n) is 10.9. The van der Waals surface area contributed by atoms with Gasteiger partial charge in [-0.05, 0) is 18.8 Å². The molecule has 2 heterocycles. The minimum atomic E-state index is -3.21. The number of carbonyl (C=O) groups excluding carboxylic acids is 3. The summed E-state index contributed by atoms with van der Waals surface area (Å²) in [6.07, 6.45) is -2.65. The molecule has 0 bridgehead atoms. The van der Waals surface area contributed by atoms with E-state index < -0.39 is 36.2 Å². The van der Waals surface area contributed by atoms with E-state index in [4.69, 9.17) is 9.57 Å². The third-order valence-electron chi connectivity index (χ3n) is 5.83. The van der Waals surface area contributed by atoms with Crippen molar-refractivity contribution in [1.29, 1.82) is 0 Å². The van der Waals surface area contributed by atoms with Gasteiger partial charge >= 0.3 is 12.5 Å². The lowest BCUT2D eigenvalue weighted by molar-refractivity contribution is -0.182. The van der Waals surface area contributed by atoms with Gasteiger partial charge in [0.15, 0.2) is 11.6 Å². The van der Waals surface area contributed by atoms with Gasteiger partial charge in [-0.25, -0.2) is 18.6 Å². The summed E-state index contributed by atoms with van der Waals surface area (Å²) in [5.41, 5.74) is -0.420. The highest BCUT2D eigenvalue weighted by atomic mass is 19.3. The van der Waals surface area contributed by atoms with Gasteiger partial charge in [0.1, 0.15) is 11.8 Å². The van der Waals surface area contributed by atoms with Crippen LogP contribution in [-0.4, -0.2) is 74.8 Å². The van der Waals surface area contributed by atoms with Gasteiger partial charge in [-0.3, -0.25) is 19.3 Å². The quantitative estimate of drug-likeness (QED) is 0.591. The summed E-state index contributed by atoms with van der Waals surface area (Å²) in [5, 5.41) is 3.18. The number of alkyl halides is 2. The number of hydrogen-bond acceptors (Lipinski definition) is 6. The van der Waals surface area contributed by atoms with Gasteiger partial charge in [-0.1, -0.05) is 0 Å². The van der Waals surface area contributed by atoms with E-state index in [0.717, 1.165) is 29.9 Å². The molecule has 1 aromatic rings. The number of benzene rings is 1. The molecule has 34 heavy (non-hydrogen) atoms. The van der Waals surface area contributed by atoms with Crippen molar-refractivity contribution in [2.24, 2.45) is 5.92 Å². The van der Waals surface area contributed by atoms with Crippen LogP contribution in [0.5, 0.6) is 0 Å². The maximum absolute atomic E-state index is 15.0. The number of nitrogens with one attached hydrogen (secondary N) is 1. The lowest BCUT2D eigenvalue weighted by atomic mass is 10.2. The molecule has 0 radical (unpaired) electrons. The van der Waals surface area contributed by atoms with Crippen molar-refractivity contribution in [3.05, 3.63) is 23.8 Å². The normalized spacial score (nSPS) is 21.0. The van der Waals surface area contributed by atoms with Crippen molar-refractivity contribution >= 4 is 29.3 Å². The number of hydrogen-bond donors (Lipinski definition) is 1. The van der Waals surface area contributed by atoms with Crippen LogP contribution in [0.15, 0.2) is 12.1 Å². The van der Waals surface area contributed by atoms with Crippen LogP contribution in [0.1, 0.15) is 19.3 Å². The van der Waals surface area contributed by atoms with E-state index in [1.54, 1.807) is 0 Å². The Morgan fingerprint density at radius 1 is 1.12 bits per heavy atom. The van der Waals surface area contributed by atoms with Crippen LogP contribution in [0.3, 0.4) is 0 Å². The molecule has 3 amide bonds. The van der Waals surface area contributed by atoms with Crippen LogP contribution >= 0.6 is 0 Å². The molecular weight excluding hydrogens is 464 g/mol. The molecule has 13 heteroatoms. The van der Waals surface area contributed by atoms with Crippen molar-refractivity contribution in [3.63, 3.8) is 0 Å². The van der Waals surface area contributed by atoms with Crippen LogP contribution in [-0.2, 0) is 19.2 Å². The molecule has 1 atom stereocenters. The second-order valence-electron chi connectivity index (χ2n) is 8.38. The number of nitrogens with zero attached hydrogens (tertiary/aromatic N) is 3. The molecule has 0 spiro atoms. The summed E-state index contributed by atoms with van der Waals surface area (Å²) in [7, 11) is 0. The molecule has 3 aliphatic rings. The molecule has 3 fully saturated rings. The van der Waals surface area contributed by atoms with Gasteiger partial charge in [0.2, 0.25) is 5.91 Å². The van der Waals surface area contributed by atoms with Gasteiger partial charge in [-0.15, -0.1) is 0 Å². The molecular formula is C21H24F4N4O5. The highest BCUT2D eigenvalue weighted by Crippen LogP contribution is 2.34. The number of anilines is 2. The lowest BCUT2D eigenvalue weighted by Gasteiger charge is -2.24. The van der Waals surface area contributed by atoms with Crippen molar-refractivity contribution in [2.45, 2.75) is 31.8 Å². The number of amides is 3. The molecule has 0 aromatic heterocycles.